The number of carbonyl (C=O) groups is 1. The van der Waals surface area contributed by atoms with E-state index >= 15 is 0 Å². The fraction of sp³-hybridized carbons (Fsp3) is 0.353. The average Bonchev–Trinajstić information content (AvgIpc) is 2.51. The molecule has 0 saturated carbocycles. The first-order valence-electron chi connectivity index (χ1n) is 6.82. The fourth-order valence-electron chi connectivity index (χ4n) is 2.37. The lowest BCUT2D eigenvalue weighted by Gasteiger charge is -2.29. The highest BCUT2D eigenvalue weighted by Crippen LogP contribution is 2.34. The van der Waals surface area contributed by atoms with Crippen molar-refractivity contribution in [1.82, 2.24) is 0 Å². The van der Waals surface area contributed by atoms with Crippen molar-refractivity contribution >= 4 is 29.1 Å². The molecule has 4 nitrogen and oxygen atoms in total. The van der Waals surface area contributed by atoms with E-state index in [9.17, 15) is 4.79 Å². The number of ether oxygens (including phenoxy) is 2. The Kier molecular flexibility index (Phi) is 5.80. The van der Waals surface area contributed by atoms with Gasteiger partial charge in [0.15, 0.2) is 0 Å². The van der Waals surface area contributed by atoms with Gasteiger partial charge in [-0.05, 0) is 48.4 Å². The quantitative estimate of drug-likeness (QED) is 0.875. The highest BCUT2D eigenvalue weighted by atomic mass is 35.5. The molecule has 0 aliphatic rings. The molecule has 0 unspecified atom stereocenters. The second-order valence-electron chi connectivity index (χ2n) is 5.66. The molecule has 0 spiro atoms. The number of rotatable bonds is 4. The number of fused-ring (bicyclic) bond motifs is 1. The van der Waals surface area contributed by atoms with Crippen LogP contribution >= 0.6 is 12.4 Å². The standard InChI is InChI=1S/C17H21NO3.ClH/c1-17(2,16(19)21-4)15(18)13-6-5-12-10-14(20-3)8-7-11(12)9-13;/h5-10,15H,18H2,1-4H3;1H/t15-;/m0./s1. The van der Waals surface area contributed by atoms with Crippen molar-refractivity contribution in [3.05, 3.63) is 42.0 Å². The summed E-state index contributed by atoms with van der Waals surface area (Å²) in [5.74, 6) is 0.499. The smallest absolute Gasteiger partial charge is 0.313 e. The van der Waals surface area contributed by atoms with Crippen molar-refractivity contribution in [2.45, 2.75) is 19.9 Å². The van der Waals surface area contributed by atoms with E-state index in [0.29, 0.717) is 0 Å². The minimum Gasteiger partial charge on any atom is -0.497 e. The molecule has 0 aromatic heterocycles. The number of hydrogen-bond donors (Lipinski definition) is 1. The van der Waals surface area contributed by atoms with Crippen molar-refractivity contribution in [1.29, 1.82) is 0 Å². The van der Waals surface area contributed by atoms with E-state index in [4.69, 9.17) is 15.2 Å². The van der Waals surface area contributed by atoms with Gasteiger partial charge in [-0.3, -0.25) is 4.79 Å². The number of benzene rings is 2. The van der Waals surface area contributed by atoms with Crippen molar-refractivity contribution in [3.8, 4) is 5.75 Å². The van der Waals surface area contributed by atoms with Gasteiger partial charge < -0.3 is 15.2 Å². The van der Waals surface area contributed by atoms with Crippen molar-refractivity contribution in [2.24, 2.45) is 11.1 Å². The molecule has 2 aromatic carbocycles. The van der Waals surface area contributed by atoms with Gasteiger partial charge in [-0.25, -0.2) is 0 Å². The molecule has 0 radical (unpaired) electrons. The average molecular weight is 324 g/mol. The molecule has 0 heterocycles. The Balaban J connectivity index is 0.00000242. The van der Waals surface area contributed by atoms with E-state index < -0.39 is 11.5 Å². The van der Waals surface area contributed by atoms with Crippen LogP contribution in [0.1, 0.15) is 25.5 Å². The maximum Gasteiger partial charge on any atom is 0.313 e. The summed E-state index contributed by atoms with van der Waals surface area (Å²) in [5.41, 5.74) is 6.39. The zero-order valence-corrected chi connectivity index (χ0v) is 14.1. The first kappa shape index (κ1) is 18.3. The van der Waals surface area contributed by atoms with Crippen LogP contribution in [0.15, 0.2) is 36.4 Å². The Morgan fingerprint density at radius 2 is 1.68 bits per heavy atom. The largest absolute Gasteiger partial charge is 0.497 e. The van der Waals surface area contributed by atoms with Crippen LogP contribution in [0.5, 0.6) is 5.75 Å². The minimum atomic E-state index is -0.783. The van der Waals surface area contributed by atoms with E-state index in [-0.39, 0.29) is 18.4 Å². The van der Waals surface area contributed by atoms with Crippen molar-refractivity contribution < 1.29 is 14.3 Å². The third-order valence-electron chi connectivity index (χ3n) is 3.92. The normalized spacial score (nSPS) is 12.4. The highest BCUT2D eigenvalue weighted by molar-refractivity contribution is 5.85. The summed E-state index contributed by atoms with van der Waals surface area (Å²) in [7, 11) is 3.02. The molecular weight excluding hydrogens is 302 g/mol. The molecule has 2 N–H and O–H groups in total. The molecule has 0 aliphatic carbocycles. The first-order chi connectivity index (χ1) is 9.90. The molecule has 22 heavy (non-hydrogen) atoms. The SMILES string of the molecule is COC(=O)C(C)(C)[C@@H](N)c1ccc2cc(OC)ccc2c1.Cl. The molecule has 120 valence electrons. The van der Waals surface area contributed by atoms with Crippen LogP contribution in [0.2, 0.25) is 0 Å². The van der Waals surface area contributed by atoms with E-state index in [0.717, 1.165) is 22.1 Å². The Labute approximate surface area is 137 Å². The van der Waals surface area contributed by atoms with Crippen LogP contribution in [0.4, 0.5) is 0 Å². The predicted octanol–water partition coefficient (Wildman–Crippen LogP) is 3.47. The van der Waals surface area contributed by atoms with Gasteiger partial charge in [0.2, 0.25) is 0 Å². The molecule has 0 bridgehead atoms. The second kappa shape index (κ2) is 6.99. The second-order valence-corrected chi connectivity index (χ2v) is 5.66. The summed E-state index contributed by atoms with van der Waals surface area (Å²) in [4.78, 5) is 11.9. The number of hydrogen-bond acceptors (Lipinski definition) is 4. The monoisotopic (exact) mass is 323 g/mol. The number of carbonyl (C=O) groups excluding carboxylic acids is 1. The van der Waals surface area contributed by atoms with Gasteiger partial charge in [0, 0.05) is 6.04 Å². The van der Waals surface area contributed by atoms with Crippen LogP contribution in [0, 0.1) is 5.41 Å². The predicted molar refractivity (Wildman–Crippen MR) is 90.5 cm³/mol. The summed E-state index contributed by atoms with van der Waals surface area (Å²) in [6.07, 6.45) is 0. The number of halogens is 1. The molecule has 0 fully saturated rings. The van der Waals surface area contributed by atoms with Crippen LogP contribution in [-0.2, 0) is 9.53 Å². The lowest BCUT2D eigenvalue weighted by atomic mass is 9.80. The fourth-order valence-corrected chi connectivity index (χ4v) is 2.37. The van der Waals surface area contributed by atoms with Crippen LogP contribution in [0.25, 0.3) is 10.8 Å². The number of nitrogens with two attached hydrogens (primary N) is 1. The Bertz CT molecular complexity index is 670. The van der Waals surface area contributed by atoms with Gasteiger partial charge in [-0.2, -0.15) is 0 Å². The maximum atomic E-state index is 11.9. The molecule has 0 saturated heterocycles. The third kappa shape index (κ3) is 3.34. The molecule has 5 heteroatoms. The summed E-state index contributed by atoms with van der Waals surface area (Å²) < 4.78 is 10.1. The van der Waals surface area contributed by atoms with Crippen LogP contribution in [-0.4, -0.2) is 20.2 Å². The lowest BCUT2D eigenvalue weighted by molar-refractivity contribution is -0.152. The van der Waals surface area contributed by atoms with Crippen LogP contribution in [0.3, 0.4) is 0 Å². The van der Waals surface area contributed by atoms with Gasteiger partial charge in [0.05, 0.1) is 19.6 Å². The summed E-state index contributed by atoms with van der Waals surface area (Å²) >= 11 is 0. The van der Waals surface area contributed by atoms with Gasteiger partial charge in [-0.1, -0.05) is 18.2 Å². The Hall–Kier alpha value is -1.78. The third-order valence-corrected chi connectivity index (χ3v) is 3.92. The summed E-state index contributed by atoms with van der Waals surface area (Å²) in [6.45, 7) is 3.59. The zero-order valence-electron chi connectivity index (χ0n) is 13.3. The van der Waals surface area contributed by atoms with E-state index in [1.807, 2.05) is 36.4 Å². The lowest BCUT2D eigenvalue weighted by Crippen LogP contribution is -2.37. The first-order valence-corrected chi connectivity index (χ1v) is 6.82. The maximum absolute atomic E-state index is 11.9. The molecule has 0 aliphatic heterocycles. The Morgan fingerprint density at radius 3 is 2.27 bits per heavy atom. The topological polar surface area (TPSA) is 61.5 Å². The molecule has 0 amide bonds. The Morgan fingerprint density at radius 1 is 1.09 bits per heavy atom. The van der Waals surface area contributed by atoms with E-state index in [1.54, 1.807) is 21.0 Å². The highest BCUT2D eigenvalue weighted by Gasteiger charge is 2.36. The minimum absolute atomic E-state index is 0. The number of esters is 1. The molecule has 2 rings (SSSR count). The van der Waals surface area contributed by atoms with E-state index in [2.05, 4.69) is 0 Å². The van der Waals surface area contributed by atoms with Crippen LogP contribution < -0.4 is 10.5 Å². The zero-order chi connectivity index (χ0) is 15.6. The van der Waals surface area contributed by atoms with Crippen molar-refractivity contribution in [2.75, 3.05) is 14.2 Å². The van der Waals surface area contributed by atoms with Gasteiger partial charge in [0.1, 0.15) is 5.75 Å². The molecular formula is C17H22ClNO3. The summed E-state index contributed by atoms with van der Waals surface area (Å²) in [6, 6.07) is 11.4. The molecule has 2 aromatic rings. The van der Waals surface area contributed by atoms with Crippen molar-refractivity contribution in [3.63, 3.8) is 0 Å². The van der Waals surface area contributed by atoms with Gasteiger partial charge >= 0.3 is 5.97 Å². The molecule has 1 atom stereocenters. The van der Waals surface area contributed by atoms with Gasteiger partial charge in [0.25, 0.3) is 0 Å². The number of methoxy groups -OCH3 is 2. The summed E-state index contributed by atoms with van der Waals surface area (Å²) in [5, 5.41) is 2.13. The van der Waals surface area contributed by atoms with E-state index in [1.165, 1.54) is 7.11 Å². The van der Waals surface area contributed by atoms with Gasteiger partial charge in [-0.15, -0.1) is 12.4 Å².